The van der Waals surface area contributed by atoms with Crippen molar-refractivity contribution >= 4 is 17.5 Å². The molecule has 2 aromatic carbocycles. The van der Waals surface area contributed by atoms with Gasteiger partial charge < -0.3 is 15.4 Å². The van der Waals surface area contributed by atoms with Crippen LogP contribution < -0.4 is 15.4 Å². The van der Waals surface area contributed by atoms with Crippen LogP contribution in [0.2, 0.25) is 0 Å². The molecule has 0 radical (unpaired) electrons. The molecule has 3 rings (SSSR count). The topological polar surface area (TPSA) is 59.1 Å². The van der Waals surface area contributed by atoms with Crippen LogP contribution in [0.3, 0.4) is 0 Å². The Kier molecular flexibility index (Phi) is 5.14. The molecule has 0 saturated carbocycles. The Morgan fingerprint density at radius 3 is 2.56 bits per heavy atom. The van der Waals surface area contributed by atoms with Crippen molar-refractivity contribution < 1.29 is 4.74 Å². The van der Waals surface area contributed by atoms with E-state index in [0.29, 0.717) is 12.5 Å². The van der Waals surface area contributed by atoms with Crippen LogP contribution in [0, 0.1) is 13.8 Å². The molecule has 0 atom stereocenters. The predicted octanol–water partition coefficient (Wildman–Crippen LogP) is 4.46. The van der Waals surface area contributed by atoms with Gasteiger partial charge in [0.25, 0.3) is 0 Å². The minimum absolute atomic E-state index is 0.577. The van der Waals surface area contributed by atoms with Crippen LogP contribution in [0.5, 0.6) is 5.75 Å². The van der Waals surface area contributed by atoms with E-state index in [4.69, 9.17) is 4.74 Å². The van der Waals surface area contributed by atoms with Crippen molar-refractivity contribution in [2.75, 3.05) is 17.7 Å². The van der Waals surface area contributed by atoms with Crippen molar-refractivity contribution in [1.82, 2.24) is 9.97 Å². The highest BCUT2D eigenvalue weighted by molar-refractivity contribution is 5.60. The van der Waals surface area contributed by atoms with Crippen LogP contribution >= 0.6 is 0 Å². The number of anilines is 3. The van der Waals surface area contributed by atoms with Crippen molar-refractivity contribution in [1.29, 1.82) is 0 Å². The number of ether oxygens (including phenoxy) is 1. The summed E-state index contributed by atoms with van der Waals surface area (Å²) in [7, 11) is 1.67. The average Bonchev–Trinajstić information content (AvgIpc) is 2.64. The predicted molar refractivity (Wildman–Crippen MR) is 102 cm³/mol. The van der Waals surface area contributed by atoms with Crippen molar-refractivity contribution in [2.45, 2.75) is 20.4 Å². The first kappa shape index (κ1) is 16.8. The molecule has 0 aliphatic rings. The van der Waals surface area contributed by atoms with Crippen molar-refractivity contribution in [3.05, 3.63) is 71.4 Å². The Balaban J connectivity index is 1.67. The molecular weight excluding hydrogens is 312 g/mol. The normalized spacial score (nSPS) is 10.4. The maximum absolute atomic E-state index is 5.17. The van der Waals surface area contributed by atoms with Gasteiger partial charge in [0.05, 0.1) is 7.11 Å². The number of methoxy groups -OCH3 is 1. The molecule has 2 N–H and O–H groups in total. The average molecular weight is 334 g/mol. The lowest BCUT2D eigenvalue weighted by Gasteiger charge is -2.11. The molecule has 128 valence electrons. The van der Waals surface area contributed by atoms with Crippen LogP contribution in [0.15, 0.2) is 54.7 Å². The van der Waals surface area contributed by atoms with E-state index in [1.807, 2.05) is 30.3 Å². The first-order chi connectivity index (χ1) is 12.1. The number of hydrogen-bond acceptors (Lipinski definition) is 5. The minimum Gasteiger partial charge on any atom is -0.497 e. The van der Waals surface area contributed by atoms with E-state index >= 15 is 0 Å². The molecule has 3 aromatic rings. The first-order valence-electron chi connectivity index (χ1n) is 8.18. The smallest absolute Gasteiger partial charge is 0.229 e. The van der Waals surface area contributed by atoms with Gasteiger partial charge in [-0.25, -0.2) is 4.98 Å². The lowest BCUT2D eigenvalue weighted by Crippen LogP contribution is -2.04. The molecule has 1 heterocycles. The Bertz CT molecular complexity index is 847. The zero-order valence-electron chi connectivity index (χ0n) is 14.7. The van der Waals surface area contributed by atoms with Gasteiger partial charge in [0.2, 0.25) is 5.95 Å². The summed E-state index contributed by atoms with van der Waals surface area (Å²) in [6, 6.07) is 16.1. The highest BCUT2D eigenvalue weighted by atomic mass is 16.5. The van der Waals surface area contributed by atoms with E-state index in [-0.39, 0.29) is 0 Å². The molecule has 1 aromatic heterocycles. The monoisotopic (exact) mass is 334 g/mol. The summed E-state index contributed by atoms with van der Waals surface area (Å²) in [5.74, 6) is 2.21. The fourth-order valence-electron chi connectivity index (χ4n) is 2.44. The number of aryl methyl sites for hydroxylation is 2. The zero-order chi connectivity index (χ0) is 17.6. The third kappa shape index (κ3) is 4.47. The molecule has 0 fully saturated rings. The van der Waals surface area contributed by atoms with Gasteiger partial charge in [0.15, 0.2) is 0 Å². The number of aromatic nitrogens is 2. The third-order valence-electron chi connectivity index (χ3n) is 3.93. The van der Waals surface area contributed by atoms with E-state index in [1.165, 1.54) is 5.56 Å². The number of benzene rings is 2. The summed E-state index contributed by atoms with van der Waals surface area (Å²) in [6.45, 7) is 4.82. The SMILES string of the molecule is COc1ccc(CNc2ccnc(Nc3cc(C)ccc3C)n2)cc1. The minimum atomic E-state index is 0.577. The third-order valence-corrected chi connectivity index (χ3v) is 3.93. The number of nitrogens with zero attached hydrogens (tertiary/aromatic N) is 2. The lowest BCUT2D eigenvalue weighted by atomic mass is 10.1. The van der Waals surface area contributed by atoms with Gasteiger partial charge in [-0.3, -0.25) is 0 Å². The van der Waals surface area contributed by atoms with Gasteiger partial charge in [-0.1, -0.05) is 24.3 Å². The molecule has 0 bridgehead atoms. The molecule has 0 saturated heterocycles. The van der Waals surface area contributed by atoms with Gasteiger partial charge in [0, 0.05) is 18.4 Å². The highest BCUT2D eigenvalue weighted by Crippen LogP contribution is 2.20. The largest absolute Gasteiger partial charge is 0.497 e. The van der Waals surface area contributed by atoms with Crippen molar-refractivity contribution in [2.24, 2.45) is 0 Å². The number of rotatable bonds is 6. The fourth-order valence-corrected chi connectivity index (χ4v) is 2.44. The summed E-state index contributed by atoms with van der Waals surface area (Å²) < 4.78 is 5.17. The molecule has 0 aliphatic carbocycles. The standard InChI is InChI=1S/C20H22N4O/c1-14-4-5-15(2)18(12-14)23-20-21-11-10-19(24-20)22-13-16-6-8-17(25-3)9-7-16/h4-12H,13H2,1-3H3,(H2,21,22,23,24). The van der Waals surface area contributed by atoms with E-state index in [2.05, 4.69) is 52.6 Å². The van der Waals surface area contributed by atoms with Crippen LogP contribution in [-0.2, 0) is 6.54 Å². The van der Waals surface area contributed by atoms with Gasteiger partial charge in [-0.15, -0.1) is 0 Å². The Labute approximate surface area is 148 Å². The quantitative estimate of drug-likeness (QED) is 0.697. The first-order valence-corrected chi connectivity index (χ1v) is 8.18. The summed E-state index contributed by atoms with van der Waals surface area (Å²) in [5.41, 5.74) is 4.53. The van der Waals surface area contributed by atoms with E-state index in [1.54, 1.807) is 13.3 Å². The van der Waals surface area contributed by atoms with Crippen LogP contribution in [0.1, 0.15) is 16.7 Å². The lowest BCUT2D eigenvalue weighted by molar-refractivity contribution is 0.414. The molecule has 5 nitrogen and oxygen atoms in total. The van der Waals surface area contributed by atoms with Crippen LogP contribution in [0.25, 0.3) is 0 Å². The zero-order valence-corrected chi connectivity index (χ0v) is 14.7. The molecule has 0 spiro atoms. The molecule has 0 unspecified atom stereocenters. The second-order valence-electron chi connectivity index (χ2n) is 5.91. The highest BCUT2D eigenvalue weighted by Gasteiger charge is 2.03. The van der Waals surface area contributed by atoms with Crippen molar-refractivity contribution in [3.8, 4) is 5.75 Å². The van der Waals surface area contributed by atoms with Crippen molar-refractivity contribution in [3.63, 3.8) is 0 Å². The summed E-state index contributed by atoms with van der Waals surface area (Å²) >= 11 is 0. The maximum atomic E-state index is 5.17. The second-order valence-corrected chi connectivity index (χ2v) is 5.91. The molecule has 5 heteroatoms. The van der Waals surface area contributed by atoms with Gasteiger partial charge >= 0.3 is 0 Å². The van der Waals surface area contributed by atoms with Crippen LogP contribution in [-0.4, -0.2) is 17.1 Å². The molecule has 25 heavy (non-hydrogen) atoms. The Morgan fingerprint density at radius 1 is 1.00 bits per heavy atom. The fraction of sp³-hybridized carbons (Fsp3) is 0.200. The molecule has 0 aliphatic heterocycles. The van der Waals surface area contributed by atoms with Gasteiger partial charge in [0.1, 0.15) is 11.6 Å². The molecule has 0 amide bonds. The van der Waals surface area contributed by atoms with E-state index < -0.39 is 0 Å². The van der Waals surface area contributed by atoms with Gasteiger partial charge in [-0.2, -0.15) is 4.98 Å². The van der Waals surface area contributed by atoms with Crippen LogP contribution in [0.4, 0.5) is 17.5 Å². The summed E-state index contributed by atoms with van der Waals surface area (Å²) in [6.07, 6.45) is 1.75. The number of hydrogen-bond donors (Lipinski definition) is 2. The van der Waals surface area contributed by atoms with Gasteiger partial charge in [-0.05, 0) is 54.8 Å². The Hall–Kier alpha value is -3.08. The van der Waals surface area contributed by atoms with E-state index in [9.17, 15) is 0 Å². The molecular formula is C20H22N4O. The second kappa shape index (κ2) is 7.66. The van der Waals surface area contributed by atoms with E-state index in [0.717, 1.165) is 28.4 Å². The Morgan fingerprint density at radius 2 is 1.80 bits per heavy atom. The summed E-state index contributed by atoms with van der Waals surface area (Å²) in [4.78, 5) is 8.83. The number of nitrogens with one attached hydrogen (secondary N) is 2. The summed E-state index contributed by atoms with van der Waals surface area (Å²) in [5, 5.41) is 6.61. The maximum Gasteiger partial charge on any atom is 0.229 e.